The molecule has 0 N–H and O–H groups in total. The summed E-state index contributed by atoms with van der Waals surface area (Å²) in [4.78, 5) is 0. The van der Waals surface area contributed by atoms with Gasteiger partial charge in [0.05, 0.1) is 5.92 Å². The van der Waals surface area contributed by atoms with Crippen LogP contribution in [0.5, 0.6) is 0 Å². The first-order valence-corrected chi connectivity index (χ1v) is 9.16. The summed E-state index contributed by atoms with van der Waals surface area (Å²) in [5, 5.41) is 0. The fourth-order valence-electron chi connectivity index (χ4n) is 2.43. The molecule has 0 nitrogen and oxygen atoms in total. The Morgan fingerprint density at radius 2 is 0.818 bits per heavy atom. The normalized spacial score (nSPS) is 10.9. The van der Waals surface area contributed by atoms with Gasteiger partial charge in [-0.15, -0.1) is 0 Å². The van der Waals surface area contributed by atoms with Crippen LogP contribution in [0.4, 0.5) is 0 Å². The molecule has 22 heavy (non-hydrogen) atoms. The summed E-state index contributed by atoms with van der Waals surface area (Å²) in [6, 6.07) is 25.2. The molecule has 0 aliphatic heterocycles. The van der Waals surface area contributed by atoms with Crippen molar-refractivity contribution in [1.82, 2.24) is 0 Å². The standard InChI is InChI=1S/C19H12Br3/c20-16-7-1-4-13(10-16)19(14-5-2-8-17(21)11-14)15-6-3-9-18(22)12-15/h1-12H. The first-order valence-electron chi connectivity index (χ1n) is 6.78. The van der Waals surface area contributed by atoms with E-state index in [1.165, 1.54) is 22.6 Å². The molecule has 3 heteroatoms. The largest absolute Gasteiger partial charge is 0.0630 e. The number of hydrogen-bond donors (Lipinski definition) is 0. The minimum absolute atomic E-state index is 1.08. The van der Waals surface area contributed by atoms with Crippen molar-refractivity contribution in [3.05, 3.63) is 109 Å². The summed E-state index contributed by atoms with van der Waals surface area (Å²) in [7, 11) is 0. The quantitative estimate of drug-likeness (QED) is 0.355. The molecule has 3 rings (SSSR count). The highest BCUT2D eigenvalue weighted by Gasteiger charge is 2.18. The maximum absolute atomic E-state index is 3.57. The summed E-state index contributed by atoms with van der Waals surface area (Å²) in [5.74, 6) is 1.21. The van der Waals surface area contributed by atoms with Gasteiger partial charge in [-0.1, -0.05) is 84.2 Å². The smallest absolute Gasteiger partial charge is 0.0608 e. The lowest BCUT2D eigenvalue weighted by atomic mass is 9.85. The topological polar surface area (TPSA) is 0 Å². The number of rotatable bonds is 3. The maximum Gasteiger partial charge on any atom is 0.0630 e. The molecular weight excluding hydrogens is 468 g/mol. The molecule has 3 aromatic carbocycles. The predicted molar refractivity (Wildman–Crippen MR) is 103 cm³/mol. The highest BCUT2D eigenvalue weighted by Crippen LogP contribution is 2.34. The van der Waals surface area contributed by atoms with E-state index in [1.807, 2.05) is 18.2 Å². The monoisotopic (exact) mass is 477 g/mol. The van der Waals surface area contributed by atoms with Gasteiger partial charge >= 0.3 is 0 Å². The van der Waals surface area contributed by atoms with Gasteiger partial charge in [0.1, 0.15) is 0 Å². The zero-order valence-corrected chi connectivity index (χ0v) is 16.3. The van der Waals surface area contributed by atoms with E-state index in [-0.39, 0.29) is 0 Å². The summed E-state index contributed by atoms with van der Waals surface area (Å²) in [6.45, 7) is 0. The van der Waals surface area contributed by atoms with Gasteiger partial charge in [0.15, 0.2) is 0 Å². The molecule has 0 bridgehead atoms. The first-order chi connectivity index (χ1) is 10.6. The van der Waals surface area contributed by atoms with Crippen molar-refractivity contribution in [3.63, 3.8) is 0 Å². The molecule has 0 spiro atoms. The Kier molecular flexibility index (Phi) is 5.17. The van der Waals surface area contributed by atoms with Gasteiger partial charge in [0, 0.05) is 13.4 Å². The summed E-state index contributed by atoms with van der Waals surface area (Å²) >= 11 is 10.7. The molecule has 109 valence electrons. The molecule has 0 aliphatic rings. The summed E-state index contributed by atoms with van der Waals surface area (Å²) < 4.78 is 3.23. The van der Waals surface area contributed by atoms with Gasteiger partial charge in [-0.05, 0) is 53.1 Å². The highest BCUT2D eigenvalue weighted by atomic mass is 79.9. The van der Waals surface area contributed by atoms with E-state index in [2.05, 4.69) is 102 Å². The van der Waals surface area contributed by atoms with E-state index in [0.717, 1.165) is 13.4 Å². The van der Waals surface area contributed by atoms with Gasteiger partial charge in [0.25, 0.3) is 0 Å². The SMILES string of the molecule is Brc1cccc([C](c2cccc(Br)c2)c2cccc(Br)c2)c1. The van der Waals surface area contributed by atoms with E-state index < -0.39 is 0 Å². The van der Waals surface area contributed by atoms with Crippen molar-refractivity contribution < 1.29 is 0 Å². The minimum Gasteiger partial charge on any atom is -0.0608 e. The Morgan fingerprint density at radius 3 is 1.09 bits per heavy atom. The molecular formula is C19H12Br3. The van der Waals surface area contributed by atoms with Gasteiger partial charge < -0.3 is 0 Å². The van der Waals surface area contributed by atoms with Crippen molar-refractivity contribution in [2.24, 2.45) is 0 Å². The van der Waals surface area contributed by atoms with Crippen LogP contribution in [0, 0.1) is 5.92 Å². The number of hydrogen-bond acceptors (Lipinski definition) is 0. The van der Waals surface area contributed by atoms with E-state index in [1.54, 1.807) is 0 Å². The third kappa shape index (κ3) is 3.70. The molecule has 0 saturated carbocycles. The minimum atomic E-state index is 1.08. The van der Waals surface area contributed by atoms with Crippen LogP contribution < -0.4 is 0 Å². The molecule has 0 atom stereocenters. The Balaban J connectivity index is 2.18. The lowest BCUT2D eigenvalue weighted by molar-refractivity contribution is 1.22. The summed E-state index contributed by atoms with van der Waals surface area (Å²) in [6.07, 6.45) is 0. The lowest BCUT2D eigenvalue weighted by Gasteiger charge is -2.19. The molecule has 0 heterocycles. The lowest BCUT2D eigenvalue weighted by Crippen LogP contribution is -2.04. The van der Waals surface area contributed by atoms with Crippen LogP contribution >= 0.6 is 47.8 Å². The van der Waals surface area contributed by atoms with Crippen LogP contribution in [0.25, 0.3) is 0 Å². The third-order valence-corrected chi connectivity index (χ3v) is 4.82. The molecule has 0 fully saturated rings. The van der Waals surface area contributed by atoms with Gasteiger partial charge in [-0.25, -0.2) is 0 Å². The molecule has 0 unspecified atom stereocenters. The second-order valence-electron chi connectivity index (χ2n) is 4.91. The van der Waals surface area contributed by atoms with E-state index in [0.29, 0.717) is 0 Å². The second-order valence-corrected chi connectivity index (χ2v) is 7.65. The zero-order valence-electron chi connectivity index (χ0n) is 11.6. The molecule has 0 amide bonds. The fraction of sp³-hybridized carbons (Fsp3) is 0. The Labute approximate surface area is 156 Å². The van der Waals surface area contributed by atoms with Crippen LogP contribution in [0.2, 0.25) is 0 Å². The second kappa shape index (κ2) is 7.12. The van der Waals surface area contributed by atoms with Crippen LogP contribution in [-0.2, 0) is 0 Å². The Hall–Kier alpha value is -0.900. The van der Waals surface area contributed by atoms with Crippen molar-refractivity contribution in [1.29, 1.82) is 0 Å². The molecule has 1 radical (unpaired) electrons. The van der Waals surface area contributed by atoms with Crippen LogP contribution in [0.1, 0.15) is 16.7 Å². The average Bonchev–Trinajstić information content (AvgIpc) is 2.48. The van der Waals surface area contributed by atoms with E-state index >= 15 is 0 Å². The third-order valence-electron chi connectivity index (χ3n) is 3.34. The number of benzene rings is 3. The van der Waals surface area contributed by atoms with E-state index in [9.17, 15) is 0 Å². The van der Waals surface area contributed by atoms with Gasteiger partial charge in [-0.2, -0.15) is 0 Å². The van der Waals surface area contributed by atoms with Gasteiger partial charge in [0.2, 0.25) is 0 Å². The average molecular weight is 480 g/mol. The van der Waals surface area contributed by atoms with Crippen molar-refractivity contribution in [2.45, 2.75) is 0 Å². The fourth-order valence-corrected chi connectivity index (χ4v) is 3.63. The maximum atomic E-state index is 3.57. The predicted octanol–water partition coefficient (Wildman–Crippen LogP) is 6.99. The van der Waals surface area contributed by atoms with Crippen LogP contribution in [-0.4, -0.2) is 0 Å². The Morgan fingerprint density at radius 1 is 0.500 bits per heavy atom. The van der Waals surface area contributed by atoms with Crippen molar-refractivity contribution >= 4 is 47.8 Å². The Bertz CT molecular complexity index is 688. The first kappa shape index (κ1) is 16.0. The molecule has 0 aliphatic carbocycles. The molecule has 0 aromatic heterocycles. The highest BCUT2D eigenvalue weighted by molar-refractivity contribution is 9.11. The van der Waals surface area contributed by atoms with Crippen molar-refractivity contribution in [3.8, 4) is 0 Å². The summed E-state index contributed by atoms with van der Waals surface area (Å²) in [5.41, 5.74) is 3.56. The van der Waals surface area contributed by atoms with E-state index in [4.69, 9.17) is 0 Å². The van der Waals surface area contributed by atoms with Crippen LogP contribution in [0.3, 0.4) is 0 Å². The van der Waals surface area contributed by atoms with Crippen molar-refractivity contribution in [2.75, 3.05) is 0 Å². The zero-order chi connectivity index (χ0) is 15.5. The molecule has 0 saturated heterocycles. The van der Waals surface area contributed by atoms with Crippen LogP contribution in [0.15, 0.2) is 86.2 Å². The van der Waals surface area contributed by atoms with Gasteiger partial charge in [-0.3, -0.25) is 0 Å². The molecule has 3 aromatic rings. The number of halogens is 3.